The maximum atomic E-state index is 11.6. The number of carbonyl (C=O) groups is 1. The van der Waals surface area contributed by atoms with Crippen molar-refractivity contribution in [2.75, 3.05) is 0 Å². The summed E-state index contributed by atoms with van der Waals surface area (Å²) >= 11 is 4.95. The van der Waals surface area contributed by atoms with Gasteiger partial charge in [-0.3, -0.25) is 4.79 Å². The number of halogens is 1. The fourth-order valence-corrected chi connectivity index (χ4v) is 2.60. The van der Waals surface area contributed by atoms with Gasteiger partial charge in [-0.2, -0.15) is 0 Å². The van der Waals surface area contributed by atoms with Crippen molar-refractivity contribution in [1.82, 2.24) is 0 Å². The van der Waals surface area contributed by atoms with E-state index in [1.54, 1.807) is 11.3 Å². The van der Waals surface area contributed by atoms with Gasteiger partial charge in [0.25, 0.3) is 0 Å². The highest BCUT2D eigenvalue weighted by molar-refractivity contribution is 9.11. The summed E-state index contributed by atoms with van der Waals surface area (Å²) in [4.78, 5) is 12.7. The van der Waals surface area contributed by atoms with Gasteiger partial charge in [0.1, 0.15) is 0 Å². The second-order valence-electron chi connectivity index (χ2n) is 3.62. The van der Waals surface area contributed by atoms with E-state index in [0.717, 1.165) is 8.66 Å². The van der Waals surface area contributed by atoms with E-state index >= 15 is 0 Å². The second kappa shape index (κ2) is 5.05. The number of Topliss-reactive ketones (excluding diaryl/α,β-unsaturated/α-hetero) is 1. The molecule has 1 unspecified atom stereocenters. The lowest BCUT2D eigenvalue weighted by Gasteiger charge is -2.13. The van der Waals surface area contributed by atoms with Gasteiger partial charge in [0.15, 0.2) is 5.78 Å². The Bertz CT molecular complexity index is 322. The Morgan fingerprint density at radius 1 is 1.57 bits per heavy atom. The number of thiophene rings is 1. The Morgan fingerprint density at radius 3 is 2.64 bits per heavy atom. The van der Waals surface area contributed by atoms with Gasteiger partial charge < -0.3 is 5.73 Å². The molecule has 2 N–H and O–H groups in total. The molecule has 0 aromatic carbocycles. The summed E-state index contributed by atoms with van der Waals surface area (Å²) in [6.07, 6.45) is 0.454. The van der Waals surface area contributed by atoms with E-state index in [1.165, 1.54) is 0 Å². The molecule has 1 atom stereocenters. The topological polar surface area (TPSA) is 43.1 Å². The van der Waals surface area contributed by atoms with Crippen LogP contribution in [0.3, 0.4) is 0 Å². The fraction of sp³-hybridized carbons (Fsp3) is 0.500. The fourth-order valence-electron chi connectivity index (χ4n) is 1.11. The molecular formula is C10H14BrNOS. The van der Waals surface area contributed by atoms with Crippen LogP contribution in [0, 0.1) is 5.92 Å². The molecular weight excluding hydrogens is 262 g/mol. The van der Waals surface area contributed by atoms with Gasteiger partial charge in [0.05, 0.1) is 9.83 Å². The Morgan fingerprint density at radius 2 is 2.21 bits per heavy atom. The zero-order valence-electron chi connectivity index (χ0n) is 8.29. The van der Waals surface area contributed by atoms with E-state index in [1.807, 2.05) is 26.0 Å². The SMILES string of the molecule is CC(C)C(N)C(=O)Cc1ccc(Br)s1. The first-order chi connectivity index (χ1) is 6.50. The highest BCUT2D eigenvalue weighted by Crippen LogP contribution is 2.23. The smallest absolute Gasteiger partial charge is 0.154 e. The normalized spacial score (nSPS) is 13.2. The third kappa shape index (κ3) is 3.19. The largest absolute Gasteiger partial charge is 0.321 e. The molecule has 0 aliphatic heterocycles. The average Bonchev–Trinajstić information content (AvgIpc) is 2.49. The first-order valence-corrected chi connectivity index (χ1v) is 6.14. The van der Waals surface area contributed by atoms with Crippen molar-refractivity contribution in [2.45, 2.75) is 26.3 Å². The van der Waals surface area contributed by atoms with Crippen molar-refractivity contribution in [2.24, 2.45) is 11.7 Å². The number of carbonyl (C=O) groups excluding carboxylic acids is 1. The predicted octanol–water partition coefficient (Wildman–Crippen LogP) is 2.61. The van der Waals surface area contributed by atoms with Gasteiger partial charge >= 0.3 is 0 Å². The van der Waals surface area contributed by atoms with Crippen molar-refractivity contribution >= 4 is 33.0 Å². The molecule has 1 heterocycles. The number of hydrogen-bond donors (Lipinski definition) is 1. The predicted molar refractivity (Wildman–Crippen MR) is 63.5 cm³/mol. The van der Waals surface area contributed by atoms with Crippen LogP contribution in [0.1, 0.15) is 18.7 Å². The van der Waals surface area contributed by atoms with Crippen LogP contribution in [-0.2, 0) is 11.2 Å². The van der Waals surface area contributed by atoms with Crippen molar-refractivity contribution < 1.29 is 4.79 Å². The van der Waals surface area contributed by atoms with Crippen LogP contribution in [0.15, 0.2) is 15.9 Å². The minimum absolute atomic E-state index is 0.120. The van der Waals surface area contributed by atoms with Crippen LogP contribution in [0.5, 0.6) is 0 Å². The van der Waals surface area contributed by atoms with Crippen LogP contribution in [-0.4, -0.2) is 11.8 Å². The van der Waals surface area contributed by atoms with Crippen molar-refractivity contribution in [1.29, 1.82) is 0 Å². The summed E-state index contributed by atoms with van der Waals surface area (Å²) in [5, 5.41) is 0. The summed E-state index contributed by atoms with van der Waals surface area (Å²) < 4.78 is 1.05. The first kappa shape index (κ1) is 11.9. The Balaban J connectivity index is 2.57. The molecule has 0 amide bonds. The quantitative estimate of drug-likeness (QED) is 0.918. The molecule has 4 heteroatoms. The van der Waals surface area contributed by atoms with E-state index in [9.17, 15) is 4.79 Å². The standard InChI is InChI=1S/C10H14BrNOS/c1-6(2)10(12)8(13)5-7-3-4-9(11)14-7/h3-4,6,10H,5,12H2,1-2H3. The summed E-state index contributed by atoms with van der Waals surface area (Å²) in [5.41, 5.74) is 5.76. The van der Waals surface area contributed by atoms with Crippen LogP contribution in [0.4, 0.5) is 0 Å². The highest BCUT2D eigenvalue weighted by atomic mass is 79.9. The molecule has 14 heavy (non-hydrogen) atoms. The van der Waals surface area contributed by atoms with Crippen LogP contribution in [0.2, 0.25) is 0 Å². The summed E-state index contributed by atoms with van der Waals surface area (Å²) in [5.74, 6) is 0.334. The first-order valence-electron chi connectivity index (χ1n) is 4.53. The molecule has 1 aromatic rings. The molecule has 0 saturated heterocycles. The third-order valence-electron chi connectivity index (χ3n) is 2.07. The van der Waals surface area contributed by atoms with Crippen LogP contribution >= 0.6 is 27.3 Å². The average molecular weight is 276 g/mol. The summed E-state index contributed by atoms with van der Waals surface area (Å²) in [7, 11) is 0. The van der Waals surface area contributed by atoms with Crippen molar-refractivity contribution in [3.63, 3.8) is 0 Å². The minimum Gasteiger partial charge on any atom is -0.321 e. The van der Waals surface area contributed by atoms with Crippen LogP contribution < -0.4 is 5.73 Å². The lowest BCUT2D eigenvalue weighted by atomic mass is 9.99. The zero-order valence-corrected chi connectivity index (χ0v) is 10.7. The maximum Gasteiger partial charge on any atom is 0.154 e. The van der Waals surface area contributed by atoms with Crippen LogP contribution in [0.25, 0.3) is 0 Å². The number of hydrogen-bond acceptors (Lipinski definition) is 3. The van der Waals surface area contributed by atoms with E-state index in [4.69, 9.17) is 5.73 Å². The second-order valence-corrected chi connectivity index (χ2v) is 6.17. The lowest BCUT2D eigenvalue weighted by molar-refractivity contribution is -0.120. The molecule has 2 nitrogen and oxygen atoms in total. The molecule has 0 saturated carbocycles. The molecule has 0 radical (unpaired) electrons. The monoisotopic (exact) mass is 275 g/mol. The molecule has 0 fully saturated rings. The van der Waals surface area contributed by atoms with Gasteiger partial charge in [-0.15, -0.1) is 11.3 Å². The van der Waals surface area contributed by atoms with Gasteiger partial charge in [0, 0.05) is 11.3 Å². The molecule has 0 aliphatic rings. The van der Waals surface area contributed by atoms with Gasteiger partial charge in [-0.05, 0) is 34.0 Å². The Kier molecular flexibility index (Phi) is 4.29. The molecule has 78 valence electrons. The molecule has 0 aliphatic carbocycles. The number of rotatable bonds is 4. The number of ketones is 1. The van der Waals surface area contributed by atoms with Gasteiger partial charge in [0.2, 0.25) is 0 Å². The van der Waals surface area contributed by atoms with E-state index < -0.39 is 0 Å². The molecule has 1 rings (SSSR count). The highest BCUT2D eigenvalue weighted by Gasteiger charge is 2.17. The van der Waals surface area contributed by atoms with Gasteiger partial charge in [-0.25, -0.2) is 0 Å². The van der Waals surface area contributed by atoms with E-state index in [2.05, 4.69) is 15.9 Å². The summed E-state index contributed by atoms with van der Waals surface area (Å²) in [6, 6.07) is 3.57. The minimum atomic E-state index is -0.337. The summed E-state index contributed by atoms with van der Waals surface area (Å²) in [6.45, 7) is 3.93. The Hall–Kier alpha value is -0.190. The van der Waals surface area contributed by atoms with Crippen molar-refractivity contribution in [3.05, 3.63) is 20.8 Å². The maximum absolute atomic E-state index is 11.6. The molecule has 0 bridgehead atoms. The lowest BCUT2D eigenvalue weighted by Crippen LogP contribution is -2.36. The number of nitrogens with two attached hydrogens (primary N) is 1. The zero-order chi connectivity index (χ0) is 10.7. The van der Waals surface area contributed by atoms with Crippen molar-refractivity contribution in [3.8, 4) is 0 Å². The van der Waals surface area contributed by atoms with Gasteiger partial charge in [-0.1, -0.05) is 13.8 Å². The van der Waals surface area contributed by atoms with E-state index in [0.29, 0.717) is 6.42 Å². The Labute approximate surface area is 96.6 Å². The third-order valence-corrected chi connectivity index (χ3v) is 3.69. The van der Waals surface area contributed by atoms with E-state index in [-0.39, 0.29) is 17.7 Å². The molecule has 0 spiro atoms. The molecule has 1 aromatic heterocycles.